The van der Waals surface area contributed by atoms with Gasteiger partial charge in [0.25, 0.3) is 11.8 Å². The molecule has 1 N–H and O–H groups in total. The fourth-order valence-electron chi connectivity index (χ4n) is 4.00. The lowest BCUT2D eigenvalue weighted by molar-refractivity contribution is 0.0712. The average molecular weight is 399 g/mol. The third-order valence-electron chi connectivity index (χ3n) is 5.82. The average Bonchev–Trinajstić information content (AvgIpc) is 2.81. The van der Waals surface area contributed by atoms with Crippen LogP contribution in [0.15, 0.2) is 78.9 Å². The van der Waals surface area contributed by atoms with E-state index in [0.29, 0.717) is 22.7 Å². The molecule has 30 heavy (non-hydrogen) atoms. The second-order valence-electron chi connectivity index (χ2n) is 7.83. The van der Waals surface area contributed by atoms with Crippen molar-refractivity contribution in [2.24, 2.45) is 0 Å². The molecule has 3 aromatic carbocycles. The summed E-state index contributed by atoms with van der Waals surface area (Å²) in [5.41, 5.74) is 4.16. The van der Waals surface area contributed by atoms with E-state index in [1.807, 2.05) is 48.2 Å². The number of carbonyl (C=O) groups is 2. The van der Waals surface area contributed by atoms with Crippen LogP contribution in [0.3, 0.4) is 0 Å². The minimum absolute atomic E-state index is 0.0247. The van der Waals surface area contributed by atoms with Gasteiger partial charge in [-0.2, -0.15) is 0 Å². The molecule has 4 rings (SSSR count). The van der Waals surface area contributed by atoms with Crippen LogP contribution in [0.25, 0.3) is 0 Å². The van der Waals surface area contributed by atoms with Gasteiger partial charge in [0, 0.05) is 29.9 Å². The third kappa shape index (κ3) is 4.43. The van der Waals surface area contributed by atoms with Crippen LogP contribution in [0.4, 0.5) is 5.69 Å². The number of amides is 2. The van der Waals surface area contributed by atoms with Gasteiger partial charge in [-0.05, 0) is 61.1 Å². The summed E-state index contributed by atoms with van der Waals surface area (Å²) in [7, 11) is 0. The fourth-order valence-corrected chi connectivity index (χ4v) is 4.00. The van der Waals surface area contributed by atoms with Crippen LogP contribution in [-0.4, -0.2) is 29.8 Å². The number of nitrogens with zero attached hydrogens (tertiary/aromatic N) is 1. The summed E-state index contributed by atoms with van der Waals surface area (Å²) in [6.45, 7) is 3.43. The summed E-state index contributed by atoms with van der Waals surface area (Å²) in [5, 5.41) is 2.94. The first-order chi connectivity index (χ1) is 14.6. The maximum absolute atomic E-state index is 13.1. The van der Waals surface area contributed by atoms with E-state index < -0.39 is 0 Å². The summed E-state index contributed by atoms with van der Waals surface area (Å²) in [6, 6.07) is 25.2. The Kier molecular flexibility index (Phi) is 5.94. The number of benzene rings is 3. The molecule has 152 valence electrons. The number of hydrogen-bond acceptors (Lipinski definition) is 2. The monoisotopic (exact) mass is 398 g/mol. The van der Waals surface area contributed by atoms with Crippen molar-refractivity contribution in [1.82, 2.24) is 4.90 Å². The molecule has 1 aliphatic rings. The van der Waals surface area contributed by atoms with E-state index in [4.69, 9.17) is 0 Å². The lowest BCUT2D eigenvalue weighted by atomic mass is 9.89. The van der Waals surface area contributed by atoms with E-state index in [1.54, 1.807) is 18.2 Å². The van der Waals surface area contributed by atoms with Crippen LogP contribution in [-0.2, 0) is 0 Å². The largest absolute Gasteiger partial charge is 0.339 e. The Labute approximate surface area is 177 Å². The molecule has 0 atom stereocenters. The highest BCUT2D eigenvalue weighted by atomic mass is 16.2. The summed E-state index contributed by atoms with van der Waals surface area (Å²) < 4.78 is 0. The zero-order chi connectivity index (χ0) is 20.9. The Morgan fingerprint density at radius 3 is 2.13 bits per heavy atom. The highest BCUT2D eigenvalue weighted by molar-refractivity contribution is 6.05. The Balaban J connectivity index is 1.43. The molecule has 1 saturated heterocycles. The maximum atomic E-state index is 13.1. The van der Waals surface area contributed by atoms with Gasteiger partial charge in [-0.15, -0.1) is 0 Å². The van der Waals surface area contributed by atoms with E-state index >= 15 is 0 Å². The molecule has 1 fully saturated rings. The Hall–Kier alpha value is -3.40. The third-order valence-corrected chi connectivity index (χ3v) is 5.82. The summed E-state index contributed by atoms with van der Waals surface area (Å²) in [4.78, 5) is 27.5. The zero-order valence-corrected chi connectivity index (χ0v) is 17.2. The van der Waals surface area contributed by atoms with Crippen molar-refractivity contribution in [3.8, 4) is 0 Å². The highest BCUT2D eigenvalue weighted by Crippen LogP contribution is 2.29. The number of likely N-dealkylation sites (tertiary alicyclic amines) is 1. The molecular formula is C26H26N2O2. The van der Waals surface area contributed by atoms with Gasteiger partial charge in [0.15, 0.2) is 0 Å². The van der Waals surface area contributed by atoms with E-state index in [-0.39, 0.29) is 11.8 Å². The van der Waals surface area contributed by atoms with Crippen molar-refractivity contribution in [2.45, 2.75) is 25.7 Å². The molecule has 0 radical (unpaired) electrons. The number of anilines is 1. The van der Waals surface area contributed by atoms with Gasteiger partial charge in [0.05, 0.1) is 0 Å². The van der Waals surface area contributed by atoms with Crippen LogP contribution in [0.2, 0.25) is 0 Å². The Morgan fingerprint density at radius 1 is 0.833 bits per heavy atom. The molecule has 0 aromatic heterocycles. The van der Waals surface area contributed by atoms with Gasteiger partial charge in [0.1, 0.15) is 0 Å². The van der Waals surface area contributed by atoms with Crippen molar-refractivity contribution in [3.63, 3.8) is 0 Å². The fraction of sp³-hybridized carbons (Fsp3) is 0.231. The van der Waals surface area contributed by atoms with Crippen LogP contribution in [0, 0.1) is 6.92 Å². The number of nitrogens with one attached hydrogen (secondary N) is 1. The van der Waals surface area contributed by atoms with E-state index in [0.717, 1.165) is 31.5 Å². The van der Waals surface area contributed by atoms with Crippen LogP contribution in [0.1, 0.15) is 50.6 Å². The highest BCUT2D eigenvalue weighted by Gasteiger charge is 2.25. The predicted octanol–water partition coefficient (Wildman–Crippen LogP) is 5.27. The van der Waals surface area contributed by atoms with Gasteiger partial charge in [-0.25, -0.2) is 0 Å². The topological polar surface area (TPSA) is 49.4 Å². The number of carbonyl (C=O) groups excluding carboxylic acids is 2. The molecular weight excluding hydrogens is 372 g/mol. The standard InChI is InChI=1S/C26H26N2O2/c1-19-12-13-23(18-24(19)27-25(29)22-10-6-3-7-11-22)26(30)28-16-14-21(15-17-28)20-8-4-2-5-9-20/h2-13,18,21H,14-17H2,1H3,(H,27,29). The van der Waals surface area contributed by atoms with Gasteiger partial charge in [-0.1, -0.05) is 54.6 Å². The molecule has 4 nitrogen and oxygen atoms in total. The van der Waals surface area contributed by atoms with E-state index in [9.17, 15) is 9.59 Å². The Bertz CT molecular complexity index is 1020. The van der Waals surface area contributed by atoms with Crippen molar-refractivity contribution >= 4 is 17.5 Å². The number of piperidine rings is 1. The van der Waals surface area contributed by atoms with Crippen molar-refractivity contribution in [1.29, 1.82) is 0 Å². The van der Waals surface area contributed by atoms with Crippen LogP contribution >= 0.6 is 0 Å². The van der Waals surface area contributed by atoms with E-state index in [2.05, 4.69) is 29.6 Å². The lowest BCUT2D eigenvalue weighted by Gasteiger charge is -2.32. The van der Waals surface area contributed by atoms with E-state index in [1.165, 1.54) is 5.56 Å². The predicted molar refractivity (Wildman–Crippen MR) is 120 cm³/mol. The second kappa shape index (κ2) is 8.95. The molecule has 2 amide bonds. The summed E-state index contributed by atoms with van der Waals surface area (Å²) in [5.74, 6) is 0.359. The molecule has 0 spiro atoms. The summed E-state index contributed by atoms with van der Waals surface area (Å²) >= 11 is 0. The van der Waals surface area contributed by atoms with Crippen molar-refractivity contribution in [3.05, 3.63) is 101 Å². The lowest BCUT2D eigenvalue weighted by Crippen LogP contribution is -2.38. The van der Waals surface area contributed by atoms with Gasteiger partial charge < -0.3 is 10.2 Å². The quantitative estimate of drug-likeness (QED) is 0.651. The normalized spacial score (nSPS) is 14.4. The van der Waals surface area contributed by atoms with Gasteiger partial charge in [-0.3, -0.25) is 9.59 Å². The minimum Gasteiger partial charge on any atom is -0.339 e. The SMILES string of the molecule is Cc1ccc(C(=O)N2CCC(c3ccccc3)CC2)cc1NC(=O)c1ccccc1. The molecule has 3 aromatic rings. The first kappa shape index (κ1) is 19.9. The molecule has 0 saturated carbocycles. The Morgan fingerprint density at radius 2 is 1.47 bits per heavy atom. The molecule has 0 bridgehead atoms. The summed E-state index contributed by atoms with van der Waals surface area (Å²) in [6.07, 6.45) is 1.94. The van der Waals surface area contributed by atoms with Gasteiger partial charge >= 0.3 is 0 Å². The number of hydrogen-bond donors (Lipinski definition) is 1. The van der Waals surface area contributed by atoms with Gasteiger partial charge in [0.2, 0.25) is 0 Å². The molecule has 0 unspecified atom stereocenters. The molecule has 4 heteroatoms. The first-order valence-corrected chi connectivity index (χ1v) is 10.4. The number of aryl methyl sites for hydroxylation is 1. The second-order valence-corrected chi connectivity index (χ2v) is 7.83. The molecule has 0 aliphatic carbocycles. The van der Waals surface area contributed by atoms with Crippen molar-refractivity contribution < 1.29 is 9.59 Å². The van der Waals surface area contributed by atoms with Crippen molar-refractivity contribution in [2.75, 3.05) is 18.4 Å². The van der Waals surface area contributed by atoms with Crippen LogP contribution in [0.5, 0.6) is 0 Å². The van der Waals surface area contributed by atoms with Crippen LogP contribution < -0.4 is 5.32 Å². The molecule has 1 aliphatic heterocycles. The number of rotatable bonds is 4. The zero-order valence-electron chi connectivity index (χ0n) is 17.2. The molecule has 1 heterocycles. The first-order valence-electron chi connectivity index (χ1n) is 10.4. The smallest absolute Gasteiger partial charge is 0.255 e. The maximum Gasteiger partial charge on any atom is 0.255 e. The minimum atomic E-state index is -0.174.